The summed E-state index contributed by atoms with van der Waals surface area (Å²) in [6.45, 7) is 16.4. The van der Waals surface area contributed by atoms with Crippen LogP contribution in [0.2, 0.25) is 51.9 Å². The Kier molecular flexibility index (Phi) is 13.0. The van der Waals surface area contributed by atoms with Crippen molar-refractivity contribution in [2.45, 2.75) is 83.9 Å². The van der Waals surface area contributed by atoms with E-state index in [0.29, 0.717) is 18.7 Å². The topological polar surface area (TPSA) is 137 Å². The van der Waals surface area contributed by atoms with Crippen LogP contribution in [-0.2, 0) is 59.8 Å². The molecule has 0 amide bonds. The van der Waals surface area contributed by atoms with E-state index in [-0.39, 0.29) is 20.0 Å². The molecule has 4 saturated heterocycles. The molecule has 0 radical (unpaired) electrons. The Morgan fingerprint density at radius 1 is 0.805 bits per heavy atom. The normalized spacial score (nSPS) is 44.3. The van der Waals surface area contributed by atoms with Crippen LogP contribution in [0.1, 0.15) is 27.7 Å². The lowest BCUT2D eigenvalue weighted by Gasteiger charge is -2.54. The first kappa shape index (κ1) is 38.4. The molecule has 0 aromatic heterocycles. The van der Waals surface area contributed by atoms with Gasteiger partial charge in [0, 0.05) is 53.0 Å². The number of hydrogen-bond donors (Lipinski definition) is 0. The molecule has 242 valence electrons. The van der Waals surface area contributed by atoms with Gasteiger partial charge in [-0.2, -0.15) is 0 Å². The number of hydrogen-bond acceptors (Lipinski definition) is 14. The Labute approximate surface area is 262 Å². The lowest BCUT2D eigenvalue weighted by Crippen LogP contribution is -2.78. The van der Waals surface area contributed by atoms with Gasteiger partial charge in [0.25, 0.3) is 0 Å². The number of alkyl halides is 1. The number of esters is 1. The average Bonchev–Trinajstić information content (AvgIpc) is 2.74. The summed E-state index contributed by atoms with van der Waals surface area (Å²) in [5.41, 5.74) is 0. The average molecular weight is 792 g/mol. The zero-order valence-corrected chi connectivity index (χ0v) is 35.0. The van der Waals surface area contributed by atoms with Crippen molar-refractivity contribution in [2.75, 3.05) is 27.1 Å². The zero-order valence-electron chi connectivity index (χ0n) is 25.1. The number of fused-ring (bicyclic) bond motifs is 4. The molecule has 6 bridgehead atoms. The molecular formula is C18H47BrO14Si8. The second kappa shape index (κ2) is 13.9. The molecule has 0 aromatic rings. The molecule has 4 rings (SSSR count). The van der Waals surface area contributed by atoms with Crippen LogP contribution >= 0.6 is 15.9 Å². The smallest absolute Gasteiger partial charge is 0.465 e. The highest BCUT2D eigenvalue weighted by Crippen LogP contribution is 2.42. The number of carbonyl (C=O) groups excluding carboxylic acids is 1. The van der Waals surface area contributed by atoms with E-state index in [4.69, 9.17) is 50.3 Å². The van der Waals surface area contributed by atoms with Crippen LogP contribution in [0.25, 0.3) is 0 Å². The summed E-state index contributed by atoms with van der Waals surface area (Å²) in [5, 5.41) is 0. The predicted molar refractivity (Wildman–Crippen MR) is 170 cm³/mol. The van der Waals surface area contributed by atoms with Crippen LogP contribution < -0.4 is 0 Å². The Hall–Kier alpha value is 1.21. The molecule has 0 aliphatic carbocycles. The number of methoxy groups -OCH3 is 1. The Bertz CT molecular complexity index is 927. The van der Waals surface area contributed by atoms with Gasteiger partial charge in [0.05, 0.1) is 12.8 Å². The standard InChI is InChI=1S/C15H37BrO13Si8.C2H6O.CH4/c1-15(2,16)14(17)18-11-10-12-37-22-31(4)21-34(7)24-33(6)20-30(3)13-19-32(5,28-37)23-35(8,25-33)27-36(9,26-34)29-37;1-3-2;/h30-31H,10-13H2,1-9H3;1-2H3;1H4. The van der Waals surface area contributed by atoms with Crippen LogP contribution in [0.4, 0.5) is 0 Å². The predicted octanol–water partition coefficient (Wildman–Crippen LogP) is 2.75. The maximum absolute atomic E-state index is 12.2. The van der Waals surface area contributed by atoms with E-state index in [9.17, 15) is 4.79 Å². The van der Waals surface area contributed by atoms with Gasteiger partial charge in [-0.3, -0.25) is 4.79 Å². The molecular weight excluding hydrogens is 745 g/mol. The van der Waals surface area contributed by atoms with Crippen LogP contribution in [0, 0.1) is 0 Å². The van der Waals surface area contributed by atoms with Gasteiger partial charge < -0.3 is 55.1 Å². The van der Waals surface area contributed by atoms with Crippen molar-refractivity contribution in [3.63, 3.8) is 0 Å². The van der Waals surface area contributed by atoms with Gasteiger partial charge in [0.2, 0.25) is 0 Å². The van der Waals surface area contributed by atoms with Gasteiger partial charge in [-0.15, -0.1) is 0 Å². The van der Waals surface area contributed by atoms with E-state index >= 15 is 0 Å². The highest BCUT2D eigenvalue weighted by molar-refractivity contribution is 9.10. The Balaban J connectivity index is 0.00000141. The van der Waals surface area contributed by atoms with Crippen LogP contribution in [0.15, 0.2) is 0 Å². The maximum atomic E-state index is 12.2. The quantitative estimate of drug-likeness (QED) is 0.175. The summed E-state index contributed by atoms with van der Waals surface area (Å²) in [6, 6.07) is 0.322. The summed E-state index contributed by atoms with van der Waals surface area (Å²) in [6.07, 6.45) is 0.749. The molecule has 14 nitrogen and oxygen atoms in total. The number of halogens is 1. The highest BCUT2D eigenvalue weighted by Gasteiger charge is 2.71. The van der Waals surface area contributed by atoms with Crippen molar-refractivity contribution in [3.8, 4) is 0 Å². The third kappa shape index (κ3) is 10.4. The number of ether oxygens (including phenoxy) is 2. The minimum atomic E-state index is -3.60. The fourth-order valence-electron chi connectivity index (χ4n) is 4.69. The van der Waals surface area contributed by atoms with E-state index in [1.165, 1.54) is 0 Å². The van der Waals surface area contributed by atoms with E-state index in [2.05, 4.69) is 20.7 Å². The van der Waals surface area contributed by atoms with Crippen molar-refractivity contribution in [1.29, 1.82) is 0 Å². The van der Waals surface area contributed by atoms with Gasteiger partial charge in [0.1, 0.15) is 4.32 Å². The Morgan fingerprint density at radius 3 is 1.85 bits per heavy atom. The number of rotatable bonds is 5. The van der Waals surface area contributed by atoms with Gasteiger partial charge in [-0.05, 0) is 33.4 Å². The van der Waals surface area contributed by atoms with Crippen molar-refractivity contribution in [3.05, 3.63) is 0 Å². The molecule has 4 aliphatic heterocycles. The maximum Gasteiger partial charge on any atom is 0.482 e. The van der Waals surface area contributed by atoms with Crippen molar-refractivity contribution >= 4 is 93.0 Å². The van der Waals surface area contributed by atoms with Gasteiger partial charge >= 0.3 is 68.1 Å². The van der Waals surface area contributed by atoms with Crippen LogP contribution in [-0.4, -0.2) is 109 Å². The Morgan fingerprint density at radius 2 is 1.27 bits per heavy atom. The van der Waals surface area contributed by atoms with Crippen LogP contribution in [0.3, 0.4) is 0 Å². The zero-order chi connectivity index (χ0) is 30.3. The SMILES string of the molecule is C.COC.C[SiH]1CO[Si]2(C)O[Si]3(C)O[Si](C)(O1)O[Si]1(C)O[SiH](C)O[Si](CCCOC(=O)C(C)(C)Br)(O2)O[Si](C)(O1)O3. The first-order chi connectivity index (χ1) is 18.2. The summed E-state index contributed by atoms with van der Waals surface area (Å²) in [7, 11) is -22.0. The molecule has 0 N–H and O–H groups in total. The molecule has 4 heterocycles. The largest absolute Gasteiger partial charge is 0.482 e. The monoisotopic (exact) mass is 790 g/mol. The second-order valence-electron chi connectivity index (χ2n) is 10.9. The fourth-order valence-corrected chi connectivity index (χ4v) is 44.7. The van der Waals surface area contributed by atoms with Gasteiger partial charge in [-0.25, -0.2) is 0 Å². The van der Waals surface area contributed by atoms with Crippen molar-refractivity contribution in [1.82, 2.24) is 0 Å². The first-order valence-electron chi connectivity index (χ1n) is 13.0. The first-order valence-corrected chi connectivity index (χ1v) is 31.4. The molecule has 0 aromatic carbocycles. The minimum absolute atomic E-state index is 0. The molecule has 0 spiro atoms. The third-order valence-electron chi connectivity index (χ3n) is 5.60. The molecule has 0 saturated carbocycles. The second-order valence-corrected chi connectivity index (χ2v) is 35.3. The minimum Gasteiger partial charge on any atom is -0.465 e. The molecule has 23 heteroatoms. The summed E-state index contributed by atoms with van der Waals surface area (Å²) in [4.78, 5) is 12.2. The fraction of sp³-hybridized carbons (Fsp3) is 0.944. The molecule has 41 heavy (non-hydrogen) atoms. The summed E-state index contributed by atoms with van der Waals surface area (Å²) < 4.78 is 81.1. The number of carbonyl (C=O) groups is 1. The molecule has 4 aliphatic rings. The third-order valence-corrected chi connectivity index (χ3v) is 38.0. The molecule has 8 unspecified atom stereocenters. The van der Waals surface area contributed by atoms with Gasteiger partial charge in [-0.1, -0.05) is 23.4 Å². The van der Waals surface area contributed by atoms with Gasteiger partial charge in [0.15, 0.2) is 9.04 Å². The van der Waals surface area contributed by atoms with Crippen LogP contribution in [0.5, 0.6) is 0 Å². The van der Waals surface area contributed by atoms with E-state index in [1.807, 2.05) is 19.6 Å². The lowest BCUT2D eigenvalue weighted by atomic mass is 10.2. The van der Waals surface area contributed by atoms with E-state index < -0.39 is 75.5 Å². The highest BCUT2D eigenvalue weighted by atomic mass is 79.9. The summed E-state index contributed by atoms with van der Waals surface area (Å²) in [5.74, 6) is -0.364. The molecule has 8 atom stereocenters. The lowest BCUT2D eigenvalue weighted by molar-refractivity contribution is -0.145. The summed E-state index contributed by atoms with van der Waals surface area (Å²) >= 11 is 3.33. The van der Waals surface area contributed by atoms with Crippen molar-refractivity contribution in [2.24, 2.45) is 0 Å². The molecule has 4 fully saturated rings. The van der Waals surface area contributed by atoms with E-state index in [1.54, 1.807) is 54.3 Å². The van der Waals surface area contributed by atoms with Crippen molar-refractivity contribution < 1.29 is 59.8 Å². The van der Waals surface area contributed by atoms with E-state index in [0.717, 1.165) is 0 Å².